The van der Waals surface area contributed by atoms with Crippen LogP contribution in [-0.2, 0) is 20.0 Å². The Labute approximate surface area is 166 Å². The van der Waals surface area contributed by atoms with Crippen LogP contribution in [0.15, 0.2) is 23.2 Å². The minimum absolute atomic E-state index is 0. The van der Waals surface area contributed by atoms with Gasteiger partial charge in [-0.05, 0) is 49.9 Å². The lowest BCUT2D eigenvalue weighted by Crippen LogP contribution is -2.38. The van der Waals surface area contributed by atoms with Gasteiger partial charge in [-0.3, -0.25) is 9.67 Å². The number of nitrogens with one attached hydrogen (secondary N) is 2. The molecule has 2 rings (SSSR count). The maximum atomic E-state index is 13.3. The fourth-order valence-electron chi connectivity index (χ4n) is 2.71. The molecule has 0 fully saturated rings. The second-order valence-corrected chi connectivity index (χ2v) is 5.96. The van der Waals surface area contributed by atoms with Gasteiger partial charge >= 0.3 is 0 Å². The molecule has 0 saturated carbocycles. The number of benzene rings is 1. The van der Waals surface area contributed by atoms with Crippen LogP contribution in [-0.4, -0.2) is 29.3 Å². The van der Waals surface area contributed by atoms with E-state index >= 15 is 0 Å². The fraction of sp³-hybridized carbons (Fsp3) is 0.444. The van der Waals surface area contributed by atoms with Crippen molar-refractivity contribution in [2.75, 3.05) is 13.6 Å². The molecule has 0 spiro atoms. The van der Waals surface area contributed by atoms with Gasteiger partial charge in [0, 0.05) is 32.9 Å². The molecule has 138 valence electrons. The lowest BCUT2D eigenvalue weighted by Gasteiger charge is -2.12. The quantitative estimate of drug-likeness (QED) is 0.411. The van der Waals surface area contributed by atoms with Gasteiger partial charge in [0.25, 0.3) is 0 Å². The SMILES string of the molecule is CN=C(NCCc1c(C)nn(C)c1C)NCc1ccc(F)c(C)c1.I. The van der Waals surface area contributed by atoms with Crippen LogP contribution in [0.5, 0.6) is 0 Å². The first-order valence-electron chi connectivity index (χ1n) is 8.11. The summed E-state index contributed by atoms with van der Waals surface area (Å²) < 4.78 is 15.2. The molecule has 0 amide bonds. The summed E-state index contributed by atoms with van der Waals surface area (Å²) in [4.78, 5) is 4.22. The molecule has 0 radical (unpaired) electrons. The Morgan fingerprint density at radius 2 is 1.96 bits per heavy atom. The van der Waals surface area contributed by atoms with E-state index in [4.69, 9.17) is 0 Å². The van der Waals surface area contributed by atoms with Gasteiger partial charge in [0.1, 0.15) is 5.82 Å². The highest BCUT2D eigenvalue weighted by Crippen LogP contribution is 2.12. The van der Waals surface area contributed by atoms with Crippen LogP contribution in [0, 0.1) is 26.6 Å². The first-order chi connectivity index (χ1) is 11.4. The molecule has 1 heterocycles. The van der Waals surface area contributed by atoms with Crippen molar-refractivity contribution in [2.24, 2.45) is 12.0 Å². The van der Waals surface area contributed by atoms with E-state index in [2.05, 4.69) is 27.6 Å². The first kappa shape index (κ1) is 21.4. The first-order valence-corrected chi connectivity index (χ1v) is 8.11. The zero-order valence-electron chi connectivity index (χ0n) is 15.5. The number of aromatic nitrogens is 2. The van der Waals surface area contributed by atoms with E-state index in [-0.39, 0.29) is 29.8 Å². The van der Waals surface area contributed by atoms with E-state index in [0.29, 0.717) is 12.1 Å². The maximum Gasteiger partial charge on any atom is 0.191 e. The Kier molecular flexibility index (Phi) is 8.34. The standard InChI is InChI=1S/C18H26FN5.HI/c1-12-10-15(6-7-17(12)19)11-22-18(20-4)21-9-8-16-13(2)23-24(5)14(16)3;/h6-7,10H,8-9,11H2,1-5H3,(H2,20,21,22);1H. The molecule has 0 atom stereocenters. The topological polar surface area (TPSA) is 54.2 Å². The van der Waals surface area contributed by atoms with Crippen molar-refractivity contribution in [3.8, 4) is 0 Å². The van der Waals surface area contributed by atoms with Gasteiger partial charge in [-0.15, -0.1) is 24.0 Å². The average molecular weight is 459 g/mol. The van der Waals surface area contributed by atoms with Crippen LogP contribution >= 0.6 is 24.0 Å². The van der Waals surface area contributed by atoms with Crippen LogP contribution < -0.4 is 10.6 Å². The van der Waals surface area contributed by atoms with Crippen LogP contribution in [0.2, 0.25) is 0 Å². The Morgan fingerprint density at radius 1 is 1.24 bits per heavy atom. The Balaban J connectivity index is 0.00000312. The summed E-state index contributed by atoms with van der Waals surface area (Å²) in [6.07, 6.45) is 0.891. The summed E-state index contributed by atoms with van der Waals surface area (Å²) >= 11 is 0. The van der Waals surface area contributed by atoms with Gasteiger partial charge < -0.3 is 10.6 Å². The highest BCUT2D eigenvalue weighted by atomic mass is 127. The lowest BCUT2D eigenvalue weighted by molar-refractivity contribution is 0.617. The molecule has 0 aliphatic carbocycles. The minimum Gasteiger partial charge on any atom is -0.356 e. The molecule has 25 heavy (non-hydrogen) atoms. The number of halogens is 2. The molecular weight excluding hydrogens is 432 g/mol. The summed E-state index contributed by atoms with van der Waals surface area (Å²) in [5, 5.41) is 11.0. The van der Waals surface area contributed by atoms with Crippen LogP contribution in [0.4, 0.5) is 4.39 Å². The predicted molar refractivity (Wildman–Crippen MR) is 111 cm³/mol. The Morgan fingerprint density at radius 3 is 2.52 bits per heavy atom. The zero-order chi connectivity index (χ0) is 17.7. The van der Waals surface area contributed by atoms with Gasteiger partial charge in [-0.2, -0.15) is 5.10 Å². The third-order valence-electron chi connectivity index (χ3n) is 4.23. The number of hydrogen-bond acceptors (Lipinski definition) is 2. The molecule has 2 aromatic rings. The summed E-state index contributed by atoms with van der Waals surface area (Å²) in [7, 11) is 3.70. The number of aliphatic imine (C=N–C) groups is 1. The third kappa shape index (κ3) is 5.69. The van der Waals surface area contributed by atoms with Crippen molar-refractivity contribution < 1.29 is 4.39 Å². The second-order valence-electron chi connectivity index (χ2n) is 5.96. The largest absolute Gasteiger partial charge is 0.356 e. The highest BCUT2D eigenvalue weighted by Gasteiger charge is 2.09. The fourth-order valence-corrected chi connectivity index (χ4v) is 2.71. The van der Waals surface area contributed by atoms with Crippen molar-refractivity contribution in [1.82, 2.24) is 20.4 Å². The maximum absolute atomic E-state index is 13.3. The van der Waals surface area contributed by atoms with E-state index in [1.54, 1.807) is 20.0 Å². The van der Waals surface area contributed by atoms with Crippen molar-refractivity contribution in [2.45, 2.75) is 33.7 Å². The normalized spacial score (nSPS) is 11.2. The molecule has 1 aromatic carbocycles. The van der Waals surface area contributed by atoms with E-state index in [0.717, 1.165) is 30.2 Å². The van der Waals surface area contributed by atoms with Gasteiger partial charge in [0.15, 0.2) is 5.96 Å². The lowest BCUT2D eigenvalue weighted by atomic mass is 10.1. The predicted octanol–water partition coefficient (Wildman–Crippen LogP) is 3.01. The molecule has 0 aliphatic rings. The number of guanidine groups is 1. The number of rotatable bonds is 5. The zero-order valence-corrected chi connectivity index (χ0v) is 17.8. The molecule has 0 bridgehead atoms. The second kappa shape index (κ2) is 9.74. The molecule has 0 aliphatic heterocycles. The molecule has 7 heteroatoms. The Hall–Kier alpha value is -1.64. The number of nitrogens with zero attached hydrogens (tertiary/aromatic N) is 3. The van der Waals surface area contributed by atoms with Gasteiger partial charge in [0.05, 0.1) is 5.69 Å². The van der Waals surface area contributed by atoms with E-state index < -0.39 is 0 Å². The summed E-state index contributed by atoms with van der Waals surface area (Å²) in [5.74, 6) is 0.555. The van der Waals surface area contributed by atoms with E-state index in [1.807, 2.05) is 24.7 Å². The summed E-state index contributed by atoms with van der Waals surface area (Å²) in [6, 6.07) is 5.12. The minimum atomic E-state index is -0.177. The van der Waals surface area contributed by atoms with Gasteiger partial charge in [-0.1, -0.05) is 12.1 Å². The van der Waals surface area contributed by atoms with E-state index in [1.165, 1.54) is 17.3 Å². The van der Waals surface area contributed by atoms with Crippen LogP contribution in [0.25, 0.3) is 0 Å². The monoisotopic (exact) mass is 459 g/mol. The average Bonchev–Trinajstić information content (AvgIpc) is 2.79. The van der Waals surface area contributed by atoms with Crippen LogP contribution in [0.1, 0.15) is 28.1 Å². The Bertz CT molecular complexity index is 739. The van der Waals surface area contributed by atoms with E-state index in [9.17, 15) is 4.39 Å². The van der Waals surface area contributed by atoms with Crippen LogP contribution in [0.3, 0.4) is 0 Å². The van der Waals surface area contributed by atoms with Crippen molar-refractivity contribution in [1.29, 1.82) is 0 Å². The molecule has 2 N–H and O–H groups in total. The molecule has 1 aromatic heterocycles. The van der Waals surface area contributed by atoms with Gasteiger partial charge in [0.2, 0.25) is 0 Å². The van der Waals surface area contributed by atoms with Crippen molar-refractivity contribution in [3.63, 3.8) is 0 Å². The molecule has 5 nitrogen and oxygen atoms in total. The molecular formula is C18H27FIN5. The van der Waals surface area contributed by atoms with Gasteiger partial charge in [-0.25, -0.2) is 4.39 Å². The third-order valence-corrected chi connectivity index (χ3v) is 4.23. The molecule has 0 unspecified atom stereocenters. The number of hydrogen-bond donors (Lipinski definition) is 2. The van der Waals surface area contributed by atoms with Crippen molar-refractivity contribution >= 4 is 29.9 Å². The number of aryl methyl sites for hydroxylation is 3. The smallest absolute Gasteiger partial charge is 0.191 e. The van der Waals surface area contributed by atoms with Crippen molar-refractivity contribution in [3.05, 3.63) is 52.1 Å². The summed E-state index contributed by atoms with van der Waals surface area (Å²) in [6.45, 7) is 7.26. The summed E-state index contributed by atoms with van der Waals surface area (Å²) in [5.41, 5.74) is 5.21. The highest BCUT2D eigenvalue weighted by molar-refractivity contribution is 14.0. The molecule has 0 saturated heterocycles.